The zero-order chi connectivity index (χ0) is 39.8. The molecule has 6 heteroatoms. The molecule has 0 unspecified atom stereocenters. The van der Waals surface area contributed by atoms with E-state index in [4.69, 9.17) is 9.47 Å². The van der Waals surface area contributed by atoms with Gasteiger partial charge in [-0.25, -0.2) is 0 Å². The van der Waals surface area contributed by atoms with E-state index >= 15 is 0 Å². The first kappa shape index (κ1) is 37.5. The van der Waals surface area contributed by atoms with Crippen LogP contribution in [0.5, 0.6) is 23.0 Å². The fourth-order valence-corrected chi connectivity index (χ4v) is 6.47. The minimum atomic E-state index is 0.722. The van der Waals surface area contributed by atoms with Crippen LogP contribution in [0, 0.1) is 27.7 Å². The summed E-state index contributed by atoms with van der Waals surface area (Å²) in [7, 11) is 0. The molecule has 0 fully saturated rings. The summed E-state index contributed by atoms with van der Waals surface area (Å²) in [5.41, 5.74) is 14.6. The lowest BCUT2D eigenvalue weighted by Crippen LogP contribution is -1.97. The van der Waals surface area contributed by atoms with Gasteiger partial charge in [0, 0.05) is 34.1 Å². The van der Waals surface area contributed by atoms with E-state index in [-0.39, 0.29) is 0 Å². The average molecular weight is 759 g/mol. The second-order valence-corrected chi connectivity index (χ2v) is 14.6. The highest BCUT2D eigenvalue weighted by Gasteiger charge is 2.12. The highest BCUT2D eigenvalue weighted by Crippen LogP contribution is 2.38. The van der Waals surface area contributed by atoms with Crippen molar-refractivity contribution in [2.75, 3.05) is 21.3 Å². The zero-order valence-corrected chi connectivity index (χ0v) is 33.1. The summed E-state index contributed by atoms with van der Waals surface area (Å²) in [5, 5.41) is 14.2. The summed E-state index contributed by atoms with van der Waals surface area (Å²) in [5.74, 6) is 2.92. The summed E-state index contributed by atoms with van der Waals surface area (Å²) >= 11 is 0. The van der Waals surface area contributed by atoms with Crippen LogP contribution >= 0.6 is 0 Å². The Morgan fingerprint density at radius 3 is 0.862 bits per heavy atom. The van der Waals surface area contributed by atoms with Gasteiger partial charge in [-0.2, -0.15) is 0 Å². The molecule has 0 bridgehead atoms. The van der Waals surface area contributed by atoms with Gasteiger partial charge in [0.25, 0.3) is 0 Å². The van der Waals surface area contributed by atoms with Crippen molar-refractivity contribution in [2.45, 2.75) is 27.7 Å². The minimum absolute atomic E-state index is 0.722. The fourth-order valence-electron chi connectivity index (χ4n) is 6.47. The van der Waals surface area contributed by atoms with Gasteiger partial charge < -0.3 is 30.7 Å². The van der Waals surface area contributed by atoms with Crippen LogP contribution in [0.1, 0.15) is 22.3 Å². The summed E-state index contributed by atoms with van der Waals surface area (Å²) < 4.78 is 13.0. The maximum absolute atomic E-state index is 6.49. The predicted molar refractivity (Wildman–Crippen MR) is 243 cm³/mol. The van der Waals surface area contributed by atoms with E-state index in [0.717, 1.165) is 79.6 Å². The SMILES string of the molecule is Cc1ccc(Nc2ccc(Oc3ccc(-c4ccc(Oc5ccc(Nc6ccc(C)cc6)cc5Nc5ccc(C)cc5)cc4)cc3)c(Nc3ccc(C)cc3)c2)cc1. The number of ether oxygens (including phenoxy) is 2. The Hall–Kier alpha value is -7.44. The van der Waals surface area contributed by atoms with Gasteiger partial charge in [-0.3, -0.25) is 0 Å². The number of aryl methyl sites for hydroxylation is 4. The average Bonchev–Trinajstić information content (AvgIpc) is 3.24. The van der Waals surface area contributed by atoms with E-state index in [1.807, 2.05) is 48.5 Å². The molecule has 6 nitrogen and oxygen atoms in total. The Morgan fingerprint density at radius 2 is 0.552 bits per heavy atom. The van der Waals surface area contributed by atoms with Crippen molar-refractivity contribution >= 4 is 45.5 Å². The Bertz CT molecular complexity index is 2420. The van der Waals surface area contributed by atoms with E-state index in [1.54, 1.807) is 0 Å². The van der Waals surface area contributed by atoms with E-state index in [9.17, 15) is 0 Å². The first-order valence-corrected chi connectivity index (χ1v) is 19.5. The summed E-state index contributed by atoms with van der Waals surface area (Å²) in [6.45, 7) is 8.35. The van der Waals surface area contributed by atoms with E-state index in [2.05, 4.69) is 182 Å². The number of benzene rings is 8. The lowest BCUT2D eigenvalue weighted by Gasteiger charge is -2.17. The Kier molecular flexibility index (Phi) is 11.1. The van der Waals surface area contributed by atoms with Crippen molar-refractivity contribution in [2.24, 2.45) is 0 Å². The Labute approximate surface area is 341 Å². The normalized spacial score (nSPS) is 10.8. The van der Waals surface area contributed by atoms with Gasteiger partial charge in [0.1, 0.15) is 11.5 Å². The number of rotatable bonds is 13. The molecule has 0 amide bonds. The van der Waals surface area contributed by atoms with Gasteiger partial charge in [0.05, 0.1) is 11.4 Å². The van der Waals surface area contributed by atoms with Gasteiger partial charge in [-0.15, -0.1) is 0 Å². The molecular weight excluding hydrogens is 713 g/mol. The van der Waals surface area contributed by atoms with Crippen LogP contribution in [-0.2, 0) is 0 Å². The molecule has 0 aliphatic rings. The molecule has 0 radical (unpaired) electrons. The van der Waals surface area contributed by atoms with Crippen molar-refractivity contribution in [3.63, 3.8) is 0 Å². The first-order chi connectivity index (χ1) is 28.3. The molecular formula is C52H46N4O2. The van der Waals surface area contributed by atoms with E-state index < -0.39 is 0 Å². The first-order valence-electron chi connectivity index (χ1n) is 19.5. The van der Waals surface area contributed by atoms with Crippen molar-refractivity contribution in [3.8, 4) is 34.1 Å². The second-order valence-electron chi connectivity index (χ2n) is 14.6. The third-order valence-corrected chi connectivity index (χ3v) is 9.80. The summed E-state index contributed by atoms with van der Waals surface area (Å²) in [4.78, 5) is 0. The third-order valence-electron chi connectivity index (χ3n) is 9.80. The van der Waals surface area contributed by atoms with Crippen LogP contribution in [0.15, 0.2) is 182 Å². The van der Waals surface area contributed by atoms with Gasteiger partial charge in [0.2, 0.25) is 0 Å². The minimum Gasteiger partial charge on any atom is -0.455 e. The highest BCUT2D eigenvalue weighted by atomic mass is 16.5. The quantitative estimate of drug-likeness (QED) is 0.0939. The number of hydrogen-bond acceptors (Lipinski definition) is 6. The van der Waals surface area contributed by atoms with E-state index in [0.29, 0.717) is 0 Å². The molecule has 0 atom stereocenters. The topological polar surface area (TPSA) is 66.6 Å². The molecule has 4 N–H and O–H groups in total. The highest BCUT2D eigenvalue weighted by molar-refractivity contribution is 5.76. The molecule has 0 saturated carbocycles. The molecule has 0 spiro atoms. The van der Waals surface area contributed by atoms with Crippen LogP contribution in [0.25, 0.3) is 11.1 Å². The summed E-state index contributed by atoms with van der Waals surface area (Å²) in [6, 6.07) is 62.0. The molecule has 0 aliphatic carbocycles. The van der Waals surface area contributed by atoms with Crippen molar-refractivity contribution < 1.29 is 9.47 Å². The Balaban J connectivity index is 0.976. The molecule has 8 aromatic rings. The van der Waals surface area contributed by atoms with Crippen LogP contribution in [-0.4, -0.2) is 0 Å². The number of anilines is 8. The molecule has 0 heterocycles. The Morgan fingerprint density at radius 1 is 0.276 bits per heavy atom. The number of nitrogens with one attached hydrogen (secondary N) is 4. The summed E-state index contributed by atoms with van der Waals surface area (Å²) in [6.07, 6.45) is 0. The molecule has 58 heavy (non-hydrogen) atoms. The standard InChI is InChI=1S/C52H46N4O2/c1-35-5-17-41(18-6-35)53-45-25-31-51(49(33-45)55-43-21-9-37(3)10-22-43)57-47-27-13-39(14-28-47)40-15-29-48(30-16-40)58-52-32-26-46(54-42-19-7-36(2)8-20-42)34-50(52)56-44-23-11-38(4)12-24-44/h5-34,53-56H,1-4H3. The second kappa shape index (κ2) is 17.1. The molecule has 0 aromatic heterocycles. The van der Waals surface area contributed by atoms with Gasteiger partial charge in [-0.05, 0) is 148 Å². The van der Waals surface area contributed by atoms with Crippen LogP contribution in [0.2, 0.25) is 0 Å². The van der Waals surface area contributed by atoms with Gasteiger partial charge in [-0.1, -0.05) is 95.1 Å². The molecule has 0 aliphatic heterocycles. The van der Waals surface area contributed by atoms with Crippen molar-refractivity contribution in [3.05, 3.63) is 204 Å². The maximum atomic E-state index is 6.49. The van der Waals surface area contributed by atoms with E-state index in [1.165, 1.54) is 22.3 Å². The molecule has 286 valence electrons. The lowest BCUT2D eigenvalue weighted by molar-refractivity contribution is 0.484. The molecule has 0 saturated heterocycles. The largest absolute Gasteiger partial charge is 0.455 e. The fraction of sp³-hybridized carbons (Fsp3) is 0.0769. The number of hydrogen-bond donors (Lipinski definition) is 4. The zero-order valence-electron chi connectivity index (χ0n) is 33.1. The van der Waals surface area contributed by atoms with Crippen LogP contribution < -0.4 is 30.7 Å². The predicted octanol–water partition coefficient (Wildman–Crippen LogP) is 15.1. The van der Waals surface area contributed by atoms with Crippen LogP contribution in [0.4, 0.5) is 45.5 Å². The van der Waals surface area contributed by atoms with Crippen LogP contribution in [0.3, 0.4) is 0 Å². The van der Waals surface area contributed by atoms with Crippen molar-refractivity contribution in [1.29, 1.82) is 0 Å². The maximum Gasteiger partial charge on any atom is 0.151 e. The molecule has 8 rings (SSSR count). The van der Waals surface area contributed by atoms with Gasteiger partial charge in [0.15, 0.2) is 11.5 Å². The van der Waals surface area contributed by atoms with Crippen molar-refractivity contribution in [1.82, 2.24) is 0 Å². The lowest BCUT2D eigenvalue weighted by atomic mass is 10.1. The molecule has 8 aromatic carbocycles. The van der Waals surface area contributed by atoms with Gasteiger partial charge >= 0.3 is 0 Å². The smallest absolute Gasteiger partial charge is 0.151 e. The monoisotopic (exact) mass is 758 g/mol. The third kappa shape index (κ3) is 9.67.